The van der Waals surface area contributed by atoms with Gasteiger partial charge in [-0.25, -0.2) is 0 Å². The van der Waals surface area contributed by atoms with Gasteiger partial charge < -0.3 is 0 Å². The fraction of sp³-hybridized carbons (Fsp3) is 0.692. The second-order valence-corrected chi connectivity index (χ2v) is 4.40. The zero-order valence-corrected chi connectivity index (χ0v) is 10.8. The van der Waals surface area contributed by atoms with Crippen molar-refractivity contribution in [3.05, 3.63) is 12.2 Å². The zero-order chi connectivity index (χ0) is 12.7. The van der Waals surface area contributed by atoms with Crippen molar-refractivity contribution in [2.45, 2.75) is 39.5 Å². The number of hydrogen-bond donors (Lipinski definition) is 0. The number of unbranched alkanes of at least 4 members (excludes halogenated alkanes) is 2. The Balaban J connectivity index is 2.46. The molecule has 1 aliphatic heterocycles. The Morgan fingerprint density at radius 3 is 1.88 bits per heavy atom. The van der Waals surface area contributed by atoms with Crippen molar-refractivity contribution in [3.63, 3.8) is 0 Å². The zero-order valence-electron chi connectivity index (χ0n) is 10.8. The molecule has 0 aromatic heterocycles. The van der Waals surface area contributed by atoms with Crippen LogP contribution in [-0.2, 0) is 9.59 Å². The Morgan fingerprint density at radius 2 is 1.47 bits per heavy atom. The van der Waals surface area contributed by atoms with E-state index < -0.39 is 0 Å². The molecule has 0 aromatic rings. The van der Waals surface area contributed by atoms with Crippen LogP contribution in [0.5, 0.6) is 0 Å². The highest BCUT2D eigenvalue weighted by atomic mass is 16.2. The van der Waals surface area contributed by atoms with Crippen molar-refractivity contribution in [1.82, 2.24) is 9.80 Å². The normalized spacial score (nSPS) is 15.4. The number of carbonyl (C=O) groups excluding carboxylic acids is 2. The molecule has 0 unspecified atom stereocenters. The molecule has 0 fully saturated rings. The lowest BCUT2D eigenvalue weighted by Gasteiger charge is -2.26. The summed E-state index contributed by atoms with van der Waals surface area (Å²) in [4.78, 5) is 26.4. The predicted octanol–water partition coefficient (Wildman–Crippen LogP) is 1.77. The van der Waals surface area contributed by atoms with E-state index in [-0.39, 0.29) is 11.8 Å². The maximum Gasteiger partial charge on any atom is 0.254 e. The second-order valence-electron chi connectivity index (χ2n) is 4.40. The van der Waals surface area contributed by atoms with Crippen LogP contribution in [0, 0.1) is 0 Å². The minimum atomic E-state index is -0.187. The molecule has 0 spiro atoms. The molecule has 0 aromatic carbocycles. The smallest absolute Gasteiger partial charge is 0.254 e. The summed E-state index contributed by atoms with van der Waals surface area (Å²) in [5.74, 6) is -0.374. The Bertz CT molecular complexity index is 274. The number of rotatable bonds is 8. The SMILES string of the molecule is CCCCN(CCCC)CN1C(=O)C=CC1=O. The molecule has 0 saturated heterocycles. The first-order valence-electron chi connectivity index (χ1n) is 6.45. The van der Waals surface area contributed by atoms with E-state index in [2.05, 4.69) is 18.7 Å². The van der Waals surface area contributed by atoms with Crippen molar-refractivity contribution in [1.29, 1.82) is 0 Å². The highest BCUT2D eigenvalue weighted by molar-refractivity contribution is 6.12. The summed E-state index contributed by atoms with van der Waals surface area (Å²) in [5.41, 5.74) is 0. The molecule has 17 heavy (non-hydrogen) atoms. The van der Waals surface area contributed by atoms with Crippen molar-refractivity contribution in [2.75, 3.05) is 19.8 Å². The van der Waals surface area contributed by atoms with Gasteiger partial charge in [-0.1, -0.05) is 26.7 Å². The third-order valence-corrected chi connectivity index (χ3v) is 2.90. The van der Waals surface area contributed by atoms with Gasteiger partial charge in [-0.2, -0.15) is 0 Å². The lowest BCUT2D eigenvalue weighted by atomic mass is 10.3. The number of carbonyl (C=O) groups is 2. The summed E-state index contributed by atoms with van der Waals surface area (Å²) in [5, 5.41) is 0. The minimum Gasteiger partial charge on any atom is -0.286 e. The van der Waals surface area contributed by atoms with E-state index in [0.717, 1.165) is 38.8 Å². The van der Waals surface area contributed by atoms with Crippen LogP contribution < -0.4 is 0 Å². The molecule has 4 heteroatoms. The molecule has 1 heterocycles. The average molecular weight is 238 g/mol. The molecule has 0 saturated carbocycles. The fourth-order valence-electron chi connectivity index (χ4n) is 1.79. The molecule has 0 bridgehead atoms. The van der Waals surface area contributed by atoms with Gasteiger partial charge in [-0.15, -0.1) is 0 Å². The minimum absolute atomic E-state index is 0.187. The first-order chi connectivity index (χ1) is 8.19. The van der Waals surface area contributed by atoms with Crippen molar-refractivity contribution < 1.29 is 9.59 Å². The Labute approximate surface area is 103 Å². The molecular weight excluding hydrogens is 216 g/mol. The summed E-state index contributed by atoms with van der Waals surface area (Å²) < 4.78 is 0. The van der Waals surface area contributed by atoms with Crippen molar-refractivity contribution >= 4 is 11.8 Å². The molecule has 0 aliphatic carbocycles. The number of imide groups is 1. The summed E-state index contributed by atoms with van der Waals surface area (Å²) in [6, 6.07) is 0. The van der Waals surface area contributed by atoms with E-state index in [1.54, 1.807) is 0 Å². The van der Waals surface area contributed by atoms with Crippen LogP contribution in [0.25, 0.3) is 0 Å². The highest BCUT2D eigenvalue weighted by Crippen LogP contribution is 2.07. The van der Waals surface area contributed by atoms with Crippen LogP contribution in [0.3, 0.4) is 0 Å². The maximum atomic E-state index is 11.5. The van der Waals surface area contributed by atoms with E-state index in [1.165, 1.54) is 17.1 Å². The molecule has 0 atom stereocenters. The van der Waals surface area contributed by atoms with Gasteiger partial charge >= 0.3 is 0 Å². The summed E-state index contributed by atoms with van der Waals surface area (Å²) >= 11 is 0. The lowest BCUT2D eigenvalue weighted by Crippen LogP contribution is -2.42. The highest BCUT2D eigenvalue weighted by Gasteiger charge is 2.24. The van der Waals surface area contributed by atoms with Crippen LogP contribution in [-0.4, -0.2) is 41.4 Å². The quantitative estimate of drug-likeness (QED) is 0.605. The summed E-state index contributed by atoms with van der Waals surface area (Å²) in [6.45, 7) is 6.63. The molecule has 0 radical (unpaired) electrons. The first-order valence-corrected chi connectivity index (χ1v) is 6.45. The van der Waals surface area contributed by atoms with Gasteiger partial charge in [0.15, 0.2) is 0 Å². The number of nitrogens with zero attached hydrogens (tertiary/aromatic N) is 2. The largest absolute Gasteiger partial charge is 0.286 e. The monoisotopic (exact) mass is 238 g/mol. The van der Waals surface area contributed by atoms with Crippen molar-refractivity contribution in [2.24, 2.45) is 0 Å². The third kappa shape index (κ3) is 4.30. The van der Waals surface area contributed by atoms with E-state index >= 15 is 0 Å². The standard InChI is InChI=1S/C13H22N2O2/c1-3-5-9-14(10-6-4-2)11-15-12(16)7-8-13(15)17/h7-8H,3-6,9-11H2,1-2H3. The molecule has 2 amide bonds. The molecule has 0 N–H and O–H groups in total. The average Bonchev–Trinajstić information content (AvgIpc) is 2.63. The molecule has 1 aliphatic rings. The number of hydrogen-bond acceptors (Lipinski definition) is 3. The van der Waals surface area contributed by atoms with Crippen LogP contribution in [0.15, 0.2) is 12.2 Å². The summed E-state index contributed by atoms with van der Waals surface area (Å²) in [6.07, 6.45) is 7.16. The Hall–Kier alpha value is -1.16. The van der Waals surface area contributed by atoms with Gasteiger partial charge in [0.25, 0.3) is 11.8 Å². The molecule has 96 valence electrons. The van der Waals surface area contributed by atoms with E-state index in [0.29, 0.717) is 6.67 Å². The van der Waals surface area contributed by atoms with Crippen LogP contribution in [0.1, 0.15) is 39.5 Å². The molecular formula is C13H22N2O2. The fourth-order valence-corrected chi connectivity index (χ4v) is 1.79. The summed E-state index contributed by atoms with van der Waals surface area (Å²) in [7, 11) is 0. The van der Waals surface area contributed by atoms with E-state index in [9.17, 15) is 9.59 Å². The topological polar surface area (TPSA) is 40.6 Å². The van der Waals surface area contributed by atoms with Crippen molar-refractivity contribution in [3.8, 4) is 0 Å². The van der Waals surface area contributed by atoms with Gasteiger partial charge in [0.2, 0.25) is 0 Å². The first kappa shape index (κ1) is 13.9. The van der Waals surface area contributed by atoms with E-state index in [1.807, 2.05) is 0 Å². The van der Waals surface area contributed by atoms with Crippen LogP contribution in [0.2, 0.25) is 0 Å². The van der Waals surface area contributed by atoms with Gasteiger partial charge in [-0.3, -0.25) is 19.4 Å². The lowest BCUT2D eigenvalue weighted by molar-refractivity contribution is -0.139. The molecule has 4 nitrogen and oxygen atoms in total. The van der Waals surface area contributed by atoms with Crippen LogP contribution >= 0.6 is 0 Å². The van der Waals surface area contributed by atoms with Gasteiger partial charge in [0.1, 0.15) is 0 Å². The van der Waals surface area contributed by atoms with Gasteiger partial charge in [0, 0.05) is 12.2 Å². The molecule has 1 rings (SSSR count). The van der Waals surface area contributed by atoms with Gasteiger partial charge in [0.05, 0.1) is 6.67 Å². The van der Waals surface area contributed by atoms with Gasteiger partial charge in [-0.05, 0) is 25.9 Å². The second kappa shape index (κ2) is 7.22. The van der Waals surface area contributed by atoms with E-state index in [4.69, 9.17) is 0 Å². The third-order valence-electron chi connectivity index (χ3n) is 2.90. The van der Waals surface area contributed by atoms with Crippen LogP contribution in [0.4, 0.5) is 0 Å². The Morgan fingerprint density at radius 1 is 1.00 bits per heavy atom. The Kier molecular flexibility index (Phi) is 5.91. The predicted molar refractivity (Wildman–Crippen MR) is 67.2 cm³/mol. The maximum absolute atomic E-state index is 11.5. The number of amides is 2.